The molecule has 2 amide bonds. The van der Waals surface area contributed by atoms with Crippen molar-refractivity contribution in [2.24, 2.45) is 5.73 Å². The second-order valence-electron chi connectivity index (χ2n) is 6.05. The van der Waals surface area contributed by atoms with E-state index in [0.717, 1.165) is 23.4 Å². The third kappa shape index (κ3) is 4.30. The first-order chi connectivity index (χ1) is 11.6. The third-order valence-corrected chi connectivity index (χ3v) is 5.32. The van der Waals surface area contributed by atoms with Crippen LogP contribution in [0.1, 0.15) is 17.8 Å². The van der Waals surface area contributed by atoms with Crippen LogP contribution in [-0.4, -0.2) is 59.3 Å². The smallest absolute Gasteiger partial charge is 0.231 e. The average Bonchev–Trinajstić information content (AvgIpc) is 2.97. The number of rotatable bonds is 6. The number of fused-ring (bicyclic) bond motifs is 1. The molecule has 0 radical (unpaired) electrons. The van der Waals surface area contributed by atoms with E-state index in [1.54, 1.807) is 11.3 Å². The van der Waals surface area contributed by atoms with E-state index in [9.17, 15) is 9.59 Å². The number of aryl methyl sites for hydroxylation is 1. The van der Waals surface area contributed by atoms with Crippen LogP contribution in [0.3, 0.4) is 0 Å². The number of primary amides is 1. The topological polar surface area (TPSA) is 79.5 Å². The van der Waals surface area contributed by atoms with Crippen molar-refractivity contribution in [3.63, 3.8) is 0 Å². The van der Waals surface area contributed by atoms with Gasteiger partial charge in [0, 0.05) is 32.6 Å². The predicted molar refractivity (Wildman–Crippen MR) is 94.8 cm³/mol. The Morgan fingerprint density at radius 2 is 1.92 bits per heavy atom. The second-order valence-corrected chi connectivity index (χ2v) is 7.17. The van der Waals surface area contributed by atoms with Crippen molar-refractivity contribution in [3.05, 3.63) is 29.3 Å². The van der Waals surface area contributed by atoms with Crippen LogP contribution in [0.5, 0.6) is 0 Å². The molecule has 1 saturated heterocycles. The molecule has 0 aliphatic carbocycles. The first-order valence-electron chi connectivity index (χ1n) is 8.25. The summed E-state index contributed by atoms with van der Waals surface area (Å²) in [5, 5.41) is 1.09. The van der Waals surface area contributed by atoms with Gasteiger partial charge in [-0.1, -0.05) is 12.1 Å². The molecule has 0 atom stereocenters. The molecule has 0 saturated carbocycles. The number of carbonyl (C=O) groups excluding carboxylic acids is 2. The highest BCUT2D eigenvalue weighted by molar-refractivity contribution is 7.18. The number of amides is 2. The van der Waals surface area contributed by atoms with Crippen LogP contribution in [0.25, 0.3) is 10.2 Å². The van der Waals surface area contributed by atoms with Gasteiger partial charge in [0.05, 0.1) is 21.8 Å². The van der Waals surface area contributed by atoms with Gasteiger partial charge >= 0.3 is 0 Å². The molecule has 3 rings (SSSR count). The molecule has 7 heteroatoms. The highest BCUT2D eigenvalue weighted by Crippen LogP contribution is 2.22. The Kier molecular flexibility index (Phi) is 5.42. The van der Waals surface area contributed by atoms with E-state index < -0.39 is 0 Å². The number of aromatic nitrogens is 1. The number of hydrogen-bond donors (Lipinski definition) is 1. The van der Waals surface area contributed by atoms with E-state index in [0.29, 0.717) is 32.6 Å². The van der Waals surface area contributed by atoms with Gasteiger partial charge in [-0.2, -0.15) is 0 Å². The monoisotopic (exact) mass is 346 g/mol. The number of piperazine rings is 1. The van der Waals surface area contributed by atoms with Gasteiger partial charge in [0.15, 0.2) is 0 Å². The molecular weight excluding hydrogens is 324 g/mol. The number of nitrogens with zero attached hydrogens (tertiary/aromatic N) is 3. The van der Waals surface area contributed by atoms with Crippen molar-refractivity contribution in [1.82, 2.24) is 14.8 Å². The van der Waals surface area contributed by atoms with E-state index in [2.05, 4.69) is 11.1 Å². The largest absolute Gasteiger partial charge is 0.369 e. The lowest BCUT2D eigenvalue weighted by Gasteiger charge is -2.34. The number of para-hydroxylation sites is 1. The zero-order valence-corrected chi connectivity index (χ0v) is 14.4. The molecule has 0 spiro atoms. The summed E-state index contributed by atoms with van der Waals surface area (Å²) in [6.07, 6.45) is 2.21. The van der Waals surface area contributed by atoms with E-state index >= 15 is 0 Å². The molecule has 2 heterocycles. The number of hydrogen-bond acceptors (Lipinski definition) is 5. The van der Waals surface area contributed by atoms with Gasteiger partial charge in [0.2, 0.25) is 11.8 Å². The Labute approximate surface area is 145 Å². The molecule has 1 fully saturated rings. The van der Waals surface area contributed by atoms with Crippen LogP contribution in [0.2, 0.25) is 0 Å². The van der Waals surface area contributed by atoms with Crippen molar-refractivity contribution >= 4 is 33.4 Å². The lowest BCUT2D eigenvalue weighted by molar-refractivity contribution is -0.133. The molecular formula is C17H22N4O2S. The van der Waals surface area contributed by atoms with Crippen LogP contribution in [0.15, 0.2) is 24.3 Å². The summed E-state index contributed by atoms with van der Waals surface area (Å²) in [5.41, 5.74) is 6.24. The Bertz CT molecular complexity index is 689. The molecule has 1 aromatic carbocycles. The maximum Gasteiger partial charge on any atom is 0.231 e. The summed E-state index contributed by atoms with van der Waals surface area (Å²) in [6.45, 7) is 3.05. The highest BCUT2D eigenvalue weighted by Gasteiger charge is 2.21. The molecule has 0 unspecified atom stereocenters. The summed E-state index contributed by atoms with van der Waals surface area (Å²) in [7, 11) is 0. The Balaban J connectivity index is 1.42. The molecule has 0 bridgehead atoms. The lowest BCUT2D eigenvalue weighted by Crippen LogP contribution is -2.50. The minimum atomic E-state index is -0.314. The number of carbonyl (C=O) groups is 2. The minimum Gasteiger partial charge on any atom is -0.369 e. The number of benzene rings is 1. The maximum atomic E-state index is 12.3. The van der Waals surface area contributed by atoms with Gasteiger partial charge < -0.3 is 10.6 Å². The van der Waals surface area contributed by atoms with Crippen LogP contribution in [0.4, 0.5) is 0 Å². The van der Waals surface area contributed by atoms with Crippen LogP contribution in [0, 0.1) is 0 Å². The van der Waals surface area contributed by atoms with E-state index in [1.807, 2.05) is 28.0 Å². The molecule has 1 aromatic heterocycles. The normalized spacial score (nSPS) is 15.8. The zero-order valence-electron chi connectivity index (χ0n) is 13.6. The SMILES string of the molecule is NC(=O)CN1CCN(C(=O)CCCc2nc3ccccc3s2)CC1. The first kappa shape index (κ1) is 16.9. The van der Waals surface area contributed by atoms with Gasteiger partial charge in [-0.05, 0) is 25.0 Å². The molecule has 2 aromatic rings. The van der Waals surface area contributed by atoms with Crippen molar-refractivity contribution in [2.45, 2.75) is 19.3 Å². The van der Waals surface area contributed by atoms with Crippen LogP contribution in [-0.2, 0) is 16.0 Å². The molecule has 2 N–H and O–H groups in total. The van der Waals surface area contributed by atoms with E-state index in [1.165, 1.54) is 4.70 Å². The van der Waals surface area contributed by atoms with Gasteiger partial charge in [0.1, 0.15) is 0 Å². The molecule has 1 aliphatic rings. The van der Waals surface area contributed by atoms with E-state index in [-0.39, 0.29) is 18.4 Å². The Morgan fingerprint density at radius 3 is 2.62 bits per heavy atom. The summed E-state index contributed by atoms with van der Waals surface area (Å²) in [5.74, 6) is -0.125. The van der Waals surface area contributed by atoms with Gasteiger partial charge in [-0.3, -0.25) is 14.5 Å². The predicted octanol–water partition coefficient (Wildman–Crippen LogP) is 1.25. The maximum absolute atomic E-state index is 12.3. The van der Waals surface area contributed by atoms with Crippen LogP contribution >= 0.6 is 11.3 Å². The van der Waals surface area contributed by atoms with E-state index in [4.69, 9.17) is 5.73 Å². The second kappa shape index (κ2) is 7.72. The Hall–Kier alpha value is -1.99. The van der Waals surface area contributed by atoms with Gasteiger partial charge in [-0.15, -0.1) is 11.3 Å². The van der Waals surface area contributed by atoms with Crippen molar-refractivity contribution in [1.29, 1.82) is 0 Å². The van der Waals surface area contributed by atoms with Gasteiger partial charge in [-0.25, -0.2) is 4.98 Å². The standard InChI is InChI=1S/C17H22N4O2S/c18-15(22)12-20-8-10-21(11-9-20)17(23)7-3-6-16-19-13-4-1-2-5-14(13)24-16/h1-2,4-5H,3,6-12H2,(H2,18,22). The molecule has 1 aliphatic heterocycles. The zero-order chi connectivity index (χ0) is 16.9. The fourth-order valence-corrected chi connectivity index (χ4v) is 3.96. The summed E-state index contributed by atoms with van der Waals surface area (Å²) in [4.78, 5) is 31.7. The molecule has 24 heavy (non-hydrogen) atoms. The van der Waals surface area contributed by atoms with Gasteiger partial charge in [0.25, 0.3) is 0 Å². The Morgan fingerprint density at radius 1 is 1.17 bits per heavy atom. The summed E-state index contributed by atoms with van der Waals surface area (Å²) >= 11 is 1.70. The van der Waals surface area contributed by atoms with Crippen molar-refractivity contribution in [2.75, 3.05) is 32.7 Å². The van der Waals surface area contributed by atoms with Crippen LogP contribution < -0.4 is 5.73 Å². The fraction of sp³-hybridized carbons (Fsp3) is 0.471. The molecule has 6 nitrogen and oxygen atoms in total. The average molecular weight is 346 g/mol. The fourth-order valence-electron chi connectivity index (χ4n) is 2.95. The van der Waals surface area contributed by atoms with Crippen molar-refractivity contribution < 1.29 is 9.59 Å². The first-order valence-corrected chi connectivity index (χ1v) is 9.06. The lowest BCUT2D eigenvalue weighted by atomic mass is 10.2. The number of thiazole rings is 1. The summed E-state index contributed by atoms with van der Waals surface area (Å²) in [6, 6.07) is 8.11. The molecule has 128 valence electrons. The summed E-state index contributed by atoms with van der Waals surface area (Å²) < 4.78 is 1.20. The minimum absolute atomic E-state index is 0.190. The highest BCUT2D eigenvalue weighted by atomic mass is 32.1. The third-order valence-electron chi connectivity index (χ3n) is 4.22. The quantitative estimate of drug-likeness (QED) is 0.854. The number of nitrogens with two attached hydrogens (primary N) is 1. The van der Waals surface area contributed by atoms with Crippen molar-refractivity contribution in [3.8, 4) is 0 Å².